The Kier molecular flexibility index (Phi) is 5.94. The summed E-state index contributed by atoms with van der Waals surface area (Å²) >= 11 is 0. The Morgan fingerprint density at radius 1 is 1.50 bits per heavy atom. The minimum absolute atomic E-state index is 0.545. The van der Waals surface area contributed by atoms with E-state index in [1.54, 1.807) is 11.6 Å². The van der Waals surface area contributed by atoms with Crippen LogP contribution in [0.25, 0.3) is 6.08 Å². The first-order valence-electron chi connectivity index (χ1n) is 6.03. The number of carbonyl (C=O) groups excluding carboxylic acids is 1. The second kappa shape index (κ2) is 7.50. The van der Waals surface area contributed by atoms with E-state index in [2.05, 4.69) is 6.92 Å². The van der Waals surface area contributed by atoms with Crippen LogP contribution in [-0.4, -0.2) is 17.7 Å². The number of hydroxylamine groups is 1. The molecule has 0 aliphatic rings. The minimum Gasteiger partial charge on any atom is -0.493 e. The van der Waals surface area contributed by atoms with E-state index in [9.17, 15) is 4.79 Å². The lowest BCUT2D eigenvalue weighted by atomic mass is 10.1. The van der Waals surface area contributed by atoms with E-state index in [0.29, 0.717) is 0 Å². The summed E-state index contributed by atoms with van der Waals surface area (Å²) in [6.07, 6.45) is 5.05. The van der Waals surface area contributed by atoms with Gasteiger partial charge in [-0.05, 0) is 42.7 Å². The van der Waals surface area contributed by atoms with Gasteiger partial charge in [0.1, 0.15) is 5.75 Å². The van der Waals surface area contributed by atoms with E-state index < -0.39 is 5.91 Å². The van der Waals surface area contributed by atoms with Crippen molar-refractivity contribution in [3.8, 4) is 5.75 Å². The van der Waals surface area contributed by atoms with Gasteiger partial charge in [0, 0.05) is 6.08 Å². The van der Waals surface area contributed by atoms with Gasteiger partial charge < -0.3 is 4.74 Å². The van der Waals surface area contributed by atoms with Crippen LogP contribution in [-0.2, 0) is 4.79 Å². The average Bonchev–Trinajstić information content (AvgIpc) is 2.38. The second-order valence-corrected chi connectivity index (χ2v) is 4.04. The summed E-state index contributed by atoms with van der Waals surface area (Å²) < 4.78 is 5.64. The molecule has 4 heteroatoms. The van der Waals surface area contributed by atoms with Gasteiger partial charge in [0.2, 0.25) is 0 Å². The molecule has 0 aromatic heterocycles. The zero-order valence-corrected chi connectivity index (χ0v) is 10.8. The summed E-state index contributed by atoms with van der Waals surface area (Å²) in [4.78, 5) is 10.8. The molecule has 1 aromatic carbocycles. The van der Waals surface area contributed by atoms with Gasteiger partial charge in [-0.15, -0.1) is 0 Å². The van der Waals surface area contributed by atoms with Crippen LogP contribution in [0.4, 0.5) is 0 Å². The summed E-state index contributed by atoms with van der Waals surface area (Å²) in [5.41, 5.74) is 3.46. The molecular formula is C14H19NO3. The number of rotatable bonds is 6. The van der Waals surface area contributed by atoms with Crippen LogP contribution in [0, 0.1) is 6.92 Å². The van der Waals surface area contributed by atoms with Crippen molar-refractivity contribution in [2.75, 3.05) is 6.61 Å². The molecule has 0 unspecified atom stereocenters. The van der Waals surface area contributed by atoms with Crippen LogP contribution in [0.2, 0.25) is 0 Å². The van der Waals surface area contributed by atoms with Crippen molar-refractivity contribution in [2.45, 2.75) is 26.7 Å². The maximum absolute atomic E-state index is 10.8. The maximum atomic E-state index is 10.8. The monoisotopic (exact) mass is 249 g/mol. The minimum atomic E-state index is -0.545. The van der Waals surface area contributed by atoms with Crippen molar-refractivity contribution in [1.29, 1.82) is 0 Å². The topological polar surface area (TPSA) is 58.6 Å². The molecule has 2 N–H and O–H groups in total. The van der Waals surface area contributed by atoms with Gasteiger partial charge in [-0.3, -0.25) is 10.0 Å². The van der Waals surface area contributed by atoms with Crippen LogP contribution in [0.15, 0.2) is 24.3 Å². The highest BCUT2D eigenvalue weighted by Gasteiger charge is 2.00. The first kappa shape index (κ1) is 14.3. The van der Waals surface area contributed by atoms with E-state index in [1.165, 1.54) is 6.08 Å². The molecule has 0 fully saturated rings. The standard InChI is InChI=1S/C14H19NO3/c1-3-4-9-18-13-7-5-12(10-11(13)2)6-8-14(16)15-17/h5-8,10,17H,3-4,9H2,1-2H3,(H,15,16). The molecule has 0 saturated carbocycles. The van der Waals surface area contributed by atoms with E-state index in [-0.39, 0.29) is 0 Å². The van der Waals surface area contributed by atoms with Gasteiger partial charge >= 0.3 is 0 Å². The number of hydrogen-bond donors (Lipinski definition) is 2. The molecule has 1 rings (SSSR count). The quantitative estimate of drug-likeness (QED) is 0.353. The average molecular weight is 249 g/mol. The lowest BCUT2D eigenvalue weighted by Crippen LogP contribution is -2.14. The van der Waals surface area contributed by atoms with Gasteiger partial charge in [0.25, 0.3) is 5.91 Å². The van der Waals surface area contributed by atoms with Gasteiger partial charge in [-0.2, -0.15) is 0 Å². The normalized spacial score (nSPS) is 10.6. The molecule has 1 aromatic rings. The highest BCUT2D eigenvalue weighted by Crippen LogP contribution is 2.20. The molecule has 0 heterocycles. The Morgan fingerprint density at radius 3 is 2.89 bits per heavy atom. The van der Waals surface area contributed by atoms with Crippen molar-refractivity contribution < 1.29 is 14.7 Å². The molecule has 4 nitrogen and oxygen atoms in total. The molecule has 0 bridgehead atoms. The molecular weight excluding hydrogens is 230 g/mol. The Hall–Kier alpha value is -1.81. The van der Waals surface area contributed by atoms with Crippen LogP contribution in [0.3, 0.4) is 0 Å². The predicted octanol–water partition coefficient (Wildman–Crippen LogP) is 2.69. The van der Waals surface area contributed by atoms with Gasteiger partial charge in [-0.25, -0.2) is 5.48 Å². The Bertz CT molecular complexity index is 427. The third-order valence-corrected chi connectivity index (χ3v) is 2.49. The van der Waals surface area contributed by atoms with Crippen LogP contribution < -0.4 is 10.2 Å². The second-order valence-electron chi connectivity index (χ2n) is 4.04. The molecule has 98 valence electrons. The zero-order chi connectivity index (χ0) is 13.4. The fraction of sp³-hybridized carbons (Fsp3) is 0.357. The number of carbonyl (C=O) groups is 1. The van der Waals surface area contributed by atoms with E-state index in [4.69, 9.17) is 9.94 Å². The van der Waals surface area contributed by atoms with Gasteiger partial charge in [0.05, 0.1) is 6.61 Å². The SMILES string of the molecule is CCCCOc1ccc(C=CC(=O)NO)cc1C. The maximum Gasteiger partial charge on any atom is 0.267 e. The number of unbranched alkanes of at least 4 members (excludes halogenated alkanes) is 1. The molecule has 0 radical (unpaired) electrons. The third kappa shape index (κ3) is 4.59. The van der Waals surface area contributed by atoms with Gasteiger partial charge in [0.15, 0.2) is 0 Å². The molecule has 0 saturated heterocycles. The fourth-order valence-electron chi connectivity index (χ4n) is 1.47. The van der Waals surface area contributed by atoms with E-state index in [0.717, 1.165) is 36.3 Å². The number of aryl methyl sites for hydroxylation is 1. The van der Waals surface area contributed by atoms with Crippen molar-refractivity contribution in [2.24, 2.45) is 0 Å². The first-order chi connectivity index (χ1) is 8.67. The highest BCUT2D eigenvalue weighted by atomic mass is 16.5. The predicted molar refractivity (Wildman–Crippen MR) is 70.5 cm³/mol. The number of nitrogens with one attached hydrogen (secondary N) is 1. The zero-order valence-electron chi connectivity index (χ0n) is 10.8. The fourth-order valence-corrected chi connectivity index (χ4v) is 1.47. The van der Waals surface area contributed by atoms with E-state index >= 15 is 0 Å². The summed E-state index contributed by atoms with van der Waals surface area (Å²) in [5, 5.41) is 8.36. The summed E-state index contributed by atoms with van der Waals surface area (Å²) in [7, 11) is 0. The highest BCUT2D eigenvalue weighted by molar-refractivity contribution is 5.90. The van der Waals surface area contributed by atoms with E-state index in [1.807, 2.05) is 25.1 Å². The number of amides is 1. The molecule has 0 aliphatic heterocycles. The van der Waals surface area contributed by atoms with Crippen LogP contribution in [0.1, 0.15) is 30.9 Å². The molecule has 18 heavy (non-hydrogen) atoms. The van der Waals surface area contributed by atoms with Crippen molar-refractivity contribution in [1.82, 2.24) is 5.48 Å². The van der Waals surface area contributed by atoms with Crippen LogP contribution in [0.5, 0.6) is 5.75 Å². The summed E-state index contributed by atoms with van der Waals surface area (Å²) in [5.74, 6) is 0.322. The summed E-state index contributed by atoms with van der Waals surface area (Å²) in [6, 6.07) is 5.69. The molecule has 1 amide bonds. The van der Waals surface area contributed by atoms with Crippen LogP contribution >= 0.6 is 0 Å². The molecule has 0 atom stereocenters. The summed E-state index contributed by atoms with van der Waals surface area (Å²) in [6.45, 7) is 4.81. The van der Waals surface area contributed by atoms with Crippen molar-refractivity contribution in [3.05, 3.63) is 35.4 Å². The van der Waals surface area contributed by atoms with Crippen molar-refractivity contribution >= 4 is 12.0 Å². The lowest BCUT2D eigenvalue weighted by Gasteiger charge is -2.09. The van der Waals surface area contributed by atoms with Crippen molar-refractivity contribution in [3.63, 3.8) is 0 Å². The Balaban J connectivity index is 2.67. The Morgan fingerprint density at radius 2 is 2.28 bits per heavy atom. The number of hydrogen-bond acceptors (Lipinski definition) is 3. The lowest BCUT2D eigenvalue weighted by molar-refractivity contribution is -0.124. The molecule has 0 spiro atoms. The Labute approximate surface area is 107 Å². The number of ether oxygens (including phenoxy) is 1. The first-order valence-corrected chi connectivity index (χ1v) is 6.03. The molecule has 0 aliphatic carbocycles. The largest absolute Gasteiger partial charge is 0.493 e. The number of benzene rings is 1. The smallest absolute Gasteiger partial charge is 0.267 e. The third-order valence-electron chi connectivity index (χ3n) is 2.49. The van der Waals surface area contributed by atoms with Gasteiger partial charge in [-0.1, -0.05) is 19.4 Å².